The highest BCUT2D eigenvalue weighted by molar-refractivity contribution is 5.88. The molecule has 0 heterocycles. The third-order valence-electron chi connectivity index (χ3n) is 5.91. The zero-order chi connectivity index (χ0) is 25.8. The zero-order valence-electron chi connectivity index (χ0n) is 21.1. The summed E-state index contributed by atoms with van der Waals surface area (Å²) < 4.78 is 19.3. The topological polar surface area (TPSA) is 58.6 Å². The maximum Gasteiger partial charge on any atom is 0.243 e. The first-order valence-corrected chi connectivity index (χ1v) is 12.5. The second-order valence-electron chi connectivity index (χ2n) is 8.91. The van der Waals surface area contributed by atoms with Crippen molar-refractivity contribution in [2.75, 3.05) is 13.2 Å². The van der Waals surface area contributed by atoms with E-state index in [4.69, 9.17) is 4.74 Å². The molecule has 190 valence electrons. The van der Waals surface area contributed by atoms with Gasteiger partial charge in [-0.05, 0) is 55.2 Å². The number of aryl methyl sites for hydroxylation is 1. The Morgan fingerprint density at radius 2 is 1.64 bits per heavy atom. The third-order valence-corrected chi connectivity index (χ3v) is 5.91. The molecule has 3 rings (SSSR count). The van der Waals surface area contributed by atoms with Crippen LogP contribution >= 0.6 is 0 Å². The molecule has 3 aromatic carbocycles. The minimum Gasteiger partial charge on any atom is -0.494 e. The van der Waals surface area contributed by atoms with Gasteiger partial charge in [-0.1, -0.05) is 67.1 Å². The van der Waals surface area contributed by atoms with Crippen molar-refractivity contribution in [2.45, 2.75) is 52.1 Å². The predicted octanol–water partition coefficient (Wildman–Crippen LogP) is 5.46. The molecule has 1 atom stereocenters. The maximum absolute atomic E-state index is 13.5. The van der Waals surface area contributed by atoms with Gasteiger partial charge in [0.2, 0.25) is 11.8 Å². The van der Waals surface area contributed by atoms with Gasteiger partial charge in [-0.2, -0.15) is 0 Å². The molecule has 0 spiro atoms. The molecule has 0 saturated carbocycles. The number of carbonyl (C=O) groups excluding carboxylic acids is 2. The van der Waals surface area contributed by atoms with Crippen LogP contribution in [0.5, 0.6) is 5.75 Å². The van der Waals surface area contributed by atoms with Gasteiger partial charge in [0.15, 0.2) is 0 Å². The van der Waals surface area contributed by atoms with E-state index in [1.165, 1.54) is 12.1 Å². The molecule has 0 aromatic heterocycles. The van der Waals surface area contributed by atoms with Crippen molar-refractivity contribution < 1.29 is 18.7 Å². The second-order valence-corrected chi connectivity index (χ2v) is 8.91. The molecule has 5 nitrogen and oxygen atoms in total. The molecular weight excluding hydrogens is 455 g/mol. The lowest BCUT2D eigenvalue weighted by Gasteiger charge is -2.31. The fourth-order valence-electron chi connectivity index (χ4n) is 3.90. The monoisotopic (exact) mass is 490 g/mol. The van der Waals surface area contributed by atoms with Crippen LogP contribution in [0.2, 0.25) is 0 Å². The van der Waals surface area contributed by atoms with E-state index in [-0.39, 0.29) is 30.6 Å². The Labute approximate surface area is 213 Å². The average Bonchev–Trinajstić information content (AvgIpc) is 2.89. The molecule has 0 fully saturated rings. The summed E-state index contributed by atoms with van der Waals surface area (Å²) in [5, 5.41) is 2.96. The van der Waals surface area contributed by atoms with Crippen LogP contribution in [-0.4, -0.2) is 35.9 Å². The van der Waals surface area contributed by atoms with Gasteiger partial charge in [0.1, 0.15) is 17.6 Å². The van der Waals surface area contributed by atoms with E-state index in [0.717, 1.165) is 28.9 Å². The van der Waals surface area contributed by atoms with Crippen molar-refractivity contribution in [1.82, 2.24) is 10.2 Å². The van der Waals surface area contributed by atoms with E-state index in [1.54, 1.807) is 17.0 Å². The van der Waals surface area contributed by atoms with Gasteiger partial charge >= 0.3 is 0 Å². The lowest BCUT2D eigenvalue weighted by molar-refractivity contribution is -0.141. The molecular formula is C30H35FN2O3. The molecule has 1 unspecified atom stereocenters. The fraction of sp³-hybridized carbons (Fsp3) is 0.333. The number of nitrogens with one attached hydrogen (secondary N) is 1. The minimum absolute atomic E-state index is 0.139. The lowest BCUT2D eigenvalue weighted by atomic mass is 10.0. The summed E-state index contributed by atoms with van der Waals surface area (Å²) in [6, 6.07) is 22.8. The van der Waals surface area contributed by atoms with Crippen molar-refractivity contribution in [3.8, 4) is 5.75 Å². The number of rotatable bonds is 13. The predicted molar refractivity (Wildman–Crippen MR) is 140 cm³/mol. The smallest absolute Gasteiger partial charge is 0.243 e. The summed E-state index contributed by atoms with van der Waals surface area (Å²) in [5.74, 6) is 0.0926. The number of hydrogen-bond acceptors (Lipinski definition) is 3. The Balaban J connectivity index is 1.76. The first kappa shape index (κ1) is 26.9. The second kappa shape index (κ2) is 14.0. The molecule has 3 aromatic rings. The van der Waals surface area contributed by atoms with Gasteiger partial charge in [0.05, 0.1) is 6.61 Å². The summed E-state index contributed by atoms with van der Waals surface area (Å²) in [6.45, 7) is 5.15. The quantitative estimate of drug-likeness (QED) is 0.324. The number of nitrogens with zero attached hydrogens (tertiary/aromatic N) is 1. The van der Waals surface area contributed by atoms with E-state index < -0.39 is 6.04 Å². The van der Waals surface area contributed by atoms with Crippen LogP contribution in [0.1, 0.15) is 42.9 Å². The van der Waals surface area contributed by atoms with Gasteiger partial charge in [-0.3, -0.25) is 9.59 Å². The van der Waals surface area contributed by atoms with Gasteiger partial charge in [0.25, 0.3) is 0 Å². The van der Waals surface area contributed by atoms with Crippen LogP contribution in [0.3, 0.4) is 0 Å². The Kier molecular flexibility index (Phi) is 10.5. The van der Waals surface area contributed by atoms with E-state index in [2.05, 4.69) is 5.32 Å². The van der Waals surface area contributed by atoms with Crippen LogP contribution in [0.15, 0.2) is 78.9 Å². The Hall–Kier alpha value is -3.67. The number of benzene rings is 3. The molecule has 36 heavy (non-hydrogen) atoms. The van der Waals surface area contributed by atoms with Crippen LogP contribution in [0.25, 0.3) is 0 Å². The number of hydrogen-bond donors (Lipinski definition) is 1. The molecule has 0 aliphatic carbocycles. The number of ether oxygens (including phenoxy) is 1. The molecule has 6 heteroatoms. The van der Waals surface area contributed by atoms with E-state index in [0.29, 0.717) is 26.0 Å². The highest BCUT2D eigenvalue weighted by Crippen LogP contribution is 2.18. The molecule has 0 radical (unpaired) electrons. The van der Waals surface area contributed by atoms with Crippen LogP contribution in [-0.2, 0) is 22.6 Å². The van der Waals surface area contributed by atoms with Crippen molar-refractivity contribution in [2.24, 2.45) is 0 Å². The zero-order valence-corrected chi connectivity index (χ0v) is 21.1. The van der Waals surface area contributed by atoms with Gasteiger partial charge < -0.3 is 15.0 Å². The van der Waals surface area contributed by atoms with Gasteiger partial charge in [-0.25, -0.2) is 4.39 Å². The molecule has 1 N–H and O–H groups in total. The minimum atomic E-state index is -0.686. The largest absolute Gasteiger partial charge is 0.494 e. The lowest BCUT2D eigenvalue weighted by Crippen LogP contribution is -2.50. The first-order valence-electron chi connectivity index (χ1n) is 12.5. The fourth-order valence-corrected chi connectivity index (χ4v) is 3.90. The van der Waals surface area contributed by atoms with Crippen molar-refractivity contribution in [3.63, 3.8) is 0 Å². The maximum atomic E-state index is 13.5. The molecule has 0 aliphatic rings. The highest BCUT2D eigenvalue weighted by atomic mass is 19.1. The van der Waals surface area contributed by atoms with E-state index in [1.807, 2.05) is 68.4 Å². The molecule has 0 aliphatic heterocycles. The first-order chi connectivity index (χ1) is 17.5. The molecule has 0 saturated heterocycles. The number of halogens is 1. The normalized spacial score (nSPS) is 11.5. The van der Waals surface area contributed by atoms with Crippen LogP contribution in [0, 0.1) is 12.7 Å². The number of amides is 2. The van der Waals surface area contributed by atoms with Crippen molar-refractivity contribution in [3.05, 3.63) is 101 Å². The van der Waals surface area contributed by atoms with Gasteiger partial charge in [-0.15, -0.1) is 0 Å². The SMILES string of the molecule is CCCNC(=O)C(Cc1ccccc1)N(Cc1ccc(F)cc1)C(=O)CCCOc1ccc(C)cc1. The number of carbonyl (C=O) groups is 2. The summed E-state index contributed by atoms with van der Waals surface area (Å²) in [7, 11) is 0. The summed E-state index contributed by atoms with van der Waals surface area (Å²) >= 11 is 0. The van der Waals surface area contributed by atoms with Crippen molar-refractivity contribution in [1.29, 1.82) is 0 Å². The molecule has 0 bridgehead atoms. The van der Waals surface area contributed by atoms with Crippen molar-refractivity contribution >= 4 is 11.8 Å². The summed E-state index contributed by atoms with van der Waals surface area (Å²) in [6.07, 6.45) is 1.94. The Morgan fingerprint density at radius 1 is 0.944 bits per heavy atom. The Bertz CT molecular complexity index is 1090. The highest BCUT2D eigenvalue weighted by Gasteiger charge is 2.30. The molecule has 2 amide bonds. The van der Waals surface area contributed by atoms with E-state index in [9.17, 15) is 14.0 Å². The Morgan fingerprint density at radius 3 is 2.31 bits per heavy atom. The van der Waals surface area contributed by atoms with Crippen LogP contribution < -0.4 is 10.1 Å². The summed E-state index contributed by atoms with van der Waals surface area (Å²) in [5.41, 5.74) is 2.88. The van der Waals surface area contributed by atoms with Gasteiger partial charge in [0, 0.05) is 25.9 Å². The van der Waals surface area contributed by atoms with E-state index >= 15 is 0 Å². The third kappa shape index (κ3) is 8.52. The summed E-state index contributed by atoms with van der Waals surface area (Å²) in [4.78, 5) is 28.4. The standard InChI is InChI=1S/C30H35FN2O3/c1-3-19-32-30(35)28(21-24-8-5-4-6-9-24)33(22-25-13-15-26(31)16-14-25)29(34)10-7-20-36-27-17-11-23(2)12-18-27/h4-6,8-9,11-18,28H,3,7,10,19-22H2,1-2H3,(H,32,35). The van der Waals surface area contributed by atoms with Crippen LogP contribution in [0.4, 0.5) is 4.39 Å². The average molecular weight is 491 g/mol.